The van der Waals surface area contributed by atoms with Gasteiger partial charge < -0.3 is 9.26 Å². The second kappa shape index (κ2) is 11.3. The fourth-order valence-corrected chi connectivity index (χ4v) is 5.39. The number of carbonyl (C=O) groups is 1. The van der Waals surface area contributed by atoms with Gasteiger partial charge in [0, 0.05) is 11.7 Å². The minimum atomic E-state index is -2.89. The molecule has 1 aromatic rings. The number of carbonyl (C=O) groups excluding carboxylic acids is 1. The highest BCUT2D eigenvalue weighted by atomic mass is 31.2. The van der Waals surface area contributed by atoms with Crippen molar-refractivity contribution >= 4 is 13.3 Å². The Morgan fingerprint density at radius 1 is 1.16 bits per heavy atom. The van der Waals surface area contributed by atoms with Crippen LogP contribution in [-0.4, -0.2) is 31.5 Å². The van der Waals surface area contributed by atoms with E-state index in [-0.39, 0.29) is 18.0 Å². The molecule has 5 heteroatoms. The molecule has 1 atom stereocenters. The summed E-state index contributed by atoms with van der Waals surface area (Å²) in [4.78, 5) is 12.3. The molecule has 0 spiro atoms. The molecular weight excluding hydrogens is 335 g/mol. The van der Waals surface area contributed by atoms with E-state index in [1.165, 1.54) is 5.56 Å². The molecule has 25 heavy (non-hydrogen) atoms. The first kappa shape index (κ1) is 21.7. The Morgan fingerprint density at radius 2 is 1.84 bits per heavy atom. The molecule has 0 aromatic heterocycles. The van der Waals surface area contributed by atoms with Crippen LogP contribution >= 0.6 is 7.37 Å². The van der Waals surface area contributed by atoms with E-state index in [4.69, 9.17) is 9.26 Å². The van der Waals surface area contributed by atoms with Gasteiger partial charge in [-0.05, 0) is 38.2 Å². The minimum absolute atomic E-state index is 0.145. The maximum Gasteiger partial charge on any atom is 0.334 e. The van der Waals surface area contributed by atoms with Crippen LogP contribution in [0.1, 0.15) is 39.7 Å². The highest BCUT2D eigenvalue weighted by molar-refractivity contribution is 7.59. The topological polar surface area (TPSA) is 52.6 Å². The van der Waals surface area contributed by atoms with Crippen LogP contribution in [0.15, 0.2) is 42.0 Å². The van der Waals surface area contributed by atoms with Gasteiger partial charge in [-0.1, -0.05) is 50.3 Å². The molecule has 1 unspecified atom stereocenters. The van der Waals surface area contributed by atoms with Crippen molar-refractivity contribution in [2.75, 3.05) is 25.5 Å². The predicted molar refractivity (Wildman–Crippen MR) is 103 cm³/mol. The second-order valence-electron chi connectivity index (χ2n) is 6.44. The van der Waals surface area contributed by atoms with Crippen LogP contribution in [0.4, 0.5) is 0 Å². The van der Waals surface area contributed by atoms with Crippen molar-refractivity contribution in [1.29, 1.82) is 0 Å². The lowest BCUT2D eigenvalue weighted by molar-refractivity contribution is -0.138. The summed E-state index contributed by atoms with van der Waals surface area (Å²) in [6, 6.07) is 10.1. The highest BCUT2D eigenvalue weighted by Crippen LogP contribution is 2.50. The Kier molecular flexibility index (Phi) is 9.77. The van der Waals surface area contributed by atoms with E-state index in [1.54, 1.807) is 6.92 Å². The van der Waals surface area contributed by atoms with Gasteiger partial charge in [-0.15, -0.1) is 0 Å². The smallest absolute Gasteiger partial charge is 0.334 e. The van der Waals surface area contributed by atoms with E-state index in [2.05, 4.69) is 12.1 Å². The molecule has 0 aliphatic carbocycles. The zero-order valence-electron chi connectivity index (χ0n) is 15.9. The van der Waals surface area contributed by atoms with Crippen LogP contribution < -0.4 is 0 Å². The van der Waals surface area contributed by atoms with Crippen molar-refractivity contribution in [3.63, 3.8) is 0 Å². The van der Waals surface area contributed by atoms with Gasteiger partial charge in [-0.25, -0.2) is 4.79 Å². The number of esters is 1. The molecule has 1 aromatic carbocycles. The first-order chi connectivity index (χ1) is 11.9. The van der Waals surface area contributed by atoms with Crippen LogP contribution in [0.2, 0.25) is 0 Å². The standard InChI is InChI=1S/C20H31O4P/c1-5-23-20(21)19(14-10-13-18-11-8-7-9-12-18)16-25(22,24-6-2)15-17(3)4/h7-9,11-12,14,17H,5-6,10,13,15-16H2,1-4H3/b19-14+. The molecule has 0 aliphatic rings. The van der Waals surface area contributed by atoms with Gasteiger partial charge in [-0.3, -0.25) is 4.57 Å². The molecular formula is C20H31O4P. The van der Waals surface area contributed by atoms with Crippen molar-refractivity contribution < 1.29 is 18.6 Å². The molecule has 0 saturated carbocycles. The van der Waals surface area contributed by atoms with E-state index < -0.39 is 7.37 Å². The van der Waals surface area contributed by atoms with Crippen molar-refractivity contribution in [2.45, 2.75) is 40.5 Å². The molecule has 0 fully saturated rings. The number of aryl methyl sites for hydroxylation is 1. The van der Waals surface area contributed by atoms with Gasteiger partial charge in [0.05, 0.1) is 19.4 Å². The van der Waals surface area contributed by atoms with E-state index in [9.17, 15) is 9.36 Å². The third-order valence-corrected chi connectivity index (χ3v) is 6.46. The van der Waals surface area contributed by atoms with Crippen LogP contribution in [0.3, 0.4) is 0 Å². The SMILES string of the molecule is CCOC(=O)/C(=C/CCc1ccccc1)CP(=O)(CC(C)C)OCC. The number of ether oxygens (including phenoxy) is 1. The predicted octanol–water partition coefficient (Wildman–Crippen LogP) is 5.08. The fourth-order valence-electron chi connectivity index (χ4n) is 2.71. The molecule has 0 aliphatic heterocycles. The Labute approximate surface area is 152 Å². The first-order valence-corrected chi connectivity index (χ1v) is 11.0. The summed E-state index contributed by atoms with van der Waals surface area (Å²) >= 11 is 0. The average molecular weight is 366 g/mol. The Morgan fingerprint density at radius 3 is 2.40 bits per heavy atom. The van der Waals surface area contributed by atoms with Crippen LogP contribution in [0.25, 0.3) is 0 Å². The van der Waals surface area contributed by atoms with Gasteiger partial charge in [-0.2, -0.15) is 0 Å². The molecule has 0 heterocycles. The fraction of sp³-hybridized carbons (Fsp3) is 0.550. The third-order valence-electron chi connectivity index (χ3n) is 3.62. The summed E-state index contributed by atoms with van der Waals surface area (Å²) in [6.07, 6.45) is 4.00. The van der Waals surface area contributed by atoms with Gasteiger partial charge in [0.2, 0.25) is 7.37 Å². The Bertz CT molecular complexity index is 593. The van der Waals surface area contributed by atoms with Gasteiger partial charge in [0.15, 0.2) is 0 Å². The van der Waals surface area contributed by atoms with Gasteiger partial charge in [0.25, 0.3) is 0 Å². The number of benzene rings is 1. The van der Waals surface area contributed by atoms with Gasteiger partial charge in [0.1, 0.15) is 0 Å². The van der Waals surface area contributed by atoms with Crippen molar-refractivity contribution in [3.05, 3.63) is 47.5 Å². The number of rotatable bonds is 11. The third kappa shape index (κ3) is 8.51. The van der Waals surface area contributed by atoms with Crippen LogP contribution in [0, 0.1) is 5.92 Å². The van der Waals surface area contributed by atoms with Crippen molar-refractivity contribution in [3.8, 4) is 0 Å². The lowest BCUT2D eigenvalue weighted by Gasteiger charge is -2.20. The zero-order chi connectivity index (χ0) is 18.7. The molecule has 0 radical (unpaired) electrons. The summed E-state index contributed by atoms with van der Waals surface area (Å²) in [5.41, 5.74) is 1.67. The first-order valence-electron chi connectivity index (χ1n) is 9.03. The summed E-state index contributed by atoms with van der Waals surface area (Å²) in [5.74, 6) is -0.149. The molecule has 140 valence electrons. The summed E-state index contributed by atoms with van der Waals surface area (Å²) < 4.78 is 23.8. The monoisotopic (exact) mass is 366 g/mol. The van der Waals surface area contributed by atoms with Crippen LogP contribution in [0.5, 0.6) is 0 Å². The summed E-state index contributed by atoms with van der Waals surface area (Å²) in [5, 5.41) is 0. The summed E-state index contributed by atoms with van der Waals surface area (Å²) in [6.45, 7) is 8.30. The quantitative estimate of drug-likeness (QED) is 0.311. The molecule has 1 rings (SSSR count). The second-order valence-corrected chi connectivity index (χ2v) is 9.01. The maximum absolute atomic E-state index is 13.1. The maximum atomic E-state index is 13.1. The number of hydrogen-bond donors (Lipinski definition) is 0. The highest BCUT2D eigenvalue weighted by Gasteiger charge is 2.28. The zero-order valence-corrected chi connectivity index (χ0v) is 16.8. The lowest BCUT2D eigenvalue weighted by atomic mass is 10.1. The minimum Gasteiger partial charge on any atom is -0.463 e. The molecule has 4 nitrogen and oxygen atoms in total. The number of allylic oxidation sites excluding steroid dienone is 1. The number of hydrogen-bond acceptors (Lipinski definition) is 4. The van der Waals surface area contributed by atoms with E-state index in [0.29, 0.717) is 31.4 Å². The normalized spacial score (nSPS) is 14.4. The Hall–Kier alpha value is -1.38. The Balaban J connectivity index is 2.88. The molecule has 0 bridgehead atoms. The lowest BCUT2D eigenvalue weighted by Crippen LogP contribution is -2.15. The average Bonchev–Trinajstić information content (AvgIpc) is 2.54. The summed E-state index contributed by atoms with van der Waals surface area (Å²) in [7, 11) is -2.89. The largest absolute Gasteiger partial charge is 0.463 e. The van der Waals surface area contributed by atoms with Crippen molar-refractivity contribution in [2.24, 2.45) is 5.92 Å². The molecule has 0 amide bonds. The van der Waals surface area contributed by atoms with E-state index >= 15 is 0 Å². The van der Waals surface area contributed by atoms with E-state index in [0.717, 1.165) is 6.42 Å². The molecule has 0 saturated heterocycles. The molecule has 0 N–H and O–H groups in total. The van der Waals surface area contributed by atoms with Gasteiger partial charge >= 0.3 is 5.97 Å². The van der Waals surface area contributed by atoms with E-state index in [1.807, 2.05) is 45.0 Å². The van der Waals surface area contributed by atoms with Crippen molar-refractivity contribution in [1.82, 2.24) is 0 Å². The van der Waals surface area contributed by atoms with Crippen LogP contribution in [-0.2, 0) is 25.0 Å².